The van der Waals surface area contributed by atoms with E-state index in [0.29, 0.717) is 45.5 Å². The van der Waals surface area contributed by atoms with Crippen LogP contribution in [-0.2, 0) is 33.3 Å². The van der Waals surface area contributed by atoms with Crippen LogP contribution in [0.25, 0.3) is 0 Å². The molecule has 6 aliphatic rings. The molecule has 0 amide bonds. The summed E-state index contributed by atoms with van der Waals surface area (Å²) in [6.45, 7) is 2.14. The topological polar surface area (TPSA) is 59.1 Å². The maximum atomic E-state index is 13.2. The van der Waals surface area contributed by atoms with Crippen molar-refractivity contribution in [1.82, 2.24) is 9.80 Å². The van der Waals surface area contributed by atoms with Crippen molar-refractivity contribution in [2.24, 2.45) is 11.8 Å². The average molecular weight is 664 g/mol. The molecule has 2 aromatic rings. The second-order valence-electron chi connectivity index (χ2n) is 15.1. The molecule has 4 fully saturated rings. The van der Waals surface area contributed by atoms with Crippen LogP contribution in [0.15, 0.2) is 36.4 Å². The second-order valence-corrected chi connectivity index (χ2v) is 15.9. The zero-order valence-corrected chi connectivity index (χ0v) is 28.5. The minimum atomic E-state index is -0.614. The van der Waals surface area contributed by atoms with Crippen LogP contribution in [0.2, 0.25) is 10.0 Å². The number of hydrogen-bond donors (Lipinski definition) is 0. The molecule has 6 nitrogen and oxygen atoms in total. The first-order valence-electron chi connectivity index (χ1n) is 17.4. The third-order valence-electron chi connectivity index (χ3n) is 13.1. The lowest BCUT2D eigenvalue weighted by Crippen LogP contribution is -2.59. The predicted octanol–water partition coefficient (Wildman–Crippen LogP) is 7.44. The largest absolute Gasteiger partial charge is 0.423 e. The standard InChI is InChI=1S/C38H44Cl2N2O4/c1-41-15-13-37-11-5-3-7-27(37)31(41)21-25-29(37)17-23(39)19-33(25)45-35(43)9-10-36(44)46-34-20-24(40)18-30-26(34)22-32-28-8-4-6-12-38(28,30)14-16-42(32)2/h9-10,17-20,27-28,31-32H,3-8,11-16,21-22H2,1-2H3/b10-9+/t27-,28-,31+,32+,37+,38+/m0/s1. The lowest BCUT2D eigenvalue weighted by molar-refractivity contribution is -0.131. The highest BCUT2D eigenvalue weighted by Crippen LogP contribution is 2.58. The Labute approximate surface area is 282 Å². The van der Waals surface area contributed by atoms with Gasteiger partial charge in [0, 0.05) is 56.2 Å². The van der Waals surface area contributed by atoms with Gasteiger partial charge in [-0.3, -0.25) is 0 Å². The van der Waals surface area contributed by atoms with Crippen molar-refractivity contribution in [1.29, 1.82) is 0 Å². The van der Waals surface area contributed by atoms with E-state index in [4.69, 9.17) is 32.7 Å². The van der Waals surface area contributed by atoms with Crippen LogP contribution in [0, 0.1) is 11.8 Å². The SMILES string of the molecule is CN1CC[C@]23CCCC[C@H]2[C@H]1Cc1c(OC(=O)/C=C/C(=O)Oc2cc(Cl)cc4c2C[C@@H]2[C@@H]5CCCC[C@]45CCN2C)cc(Cl)cc13. The predicted molar refractivity (Wildman–Crippen MR) is 180 cm³/mol. The minimum absolute atomic E-state index is 0.0926. The number of nitrogens with zero attached hydrogens (tertiary/aromatic N) is 2. The zero-order valence-electron chi connectivity index (χ0n) is 27.0. The van der Waals surface area contributed by atoms with E-state index in [2.05, 4.69) is 36.0 Å². The van der Waals surface area contributed by atoms with E-state index in [0.717, 1.165) is 62.7 Å². The molecule has 2 aromatic carbocycles. The number of ether oxygens (including phenoxy) is 2. The summed E-state index contributed by atoms with van der Waals surface area (Å²) >= 11 is 13.3. The Morgan fingerprint density at radius 2 is 1.13 bits per heavy atom. The van der Waals surface area contributed by atoms with Gasteiger partial charge in [-0.15, -0.1) is 0 Å². The first kappa shape index (κ1) is 30.9. The van der Waals surface area contributed by atoms with Gasteiger partial charge in [-0.05, 0) is 126 Å². The van der Waals surface area contributed by atoms with Gasteiger partial charge < -0.3 is 19.3 Å². The highest BCUT2D eigenvalue weighted by atomic mass is 35.5. The summed E-state index contributed by atoms with van der Waals surface area (Å²) < 4.78 is 11.9. The molecule has 2 saturated carbocycles. The summed E-state index contributed by atoms with van der Waals surface area (Å²) in [7, 11) is 4.44. The summed E-state index contributed by atoms with van der Waals surface area (Å²) in [5.41, 5.74) is 4.89. The number of halogens is 2. The number of hydrogen-bond acceptors (Lipinski definition) is 6. The highest BCUT2D eigenvalue weighted by molar-refractivity contribution is 6.31. The van der Waals surface area contributed by atoms with Crippen molar-refractivity contribution in [3.05, 3.63) is 68.7 Å². The summed E-state index contributed by atoms with van der Waals surface area (Å²) in [6.07, 6.45) is 16.0. The van der Waals surface area contributed by atoms with Gasteiger partial charge in [-0.1, -0.05) is 48.9 Å². The molecule has 6 atom stereocenters. The molecule has 4 bridgehead atoms. The molecular formula is C38H44Cl2N2O4. The lowest BCUT2D eigenvalue weighted by Gasteiger charge is -2.58. The maximum Gasteiger partial charge on any atom is 0.336 e. The van der Waals surface area contributed by atoms with Crippen LogP contribution in [0.4, 0.5) is 0 Å². The summed E-state index contributed by atoms with van der Waals surface area (Å²) in [5.74, 6) is 0.993. The Hall–Kier alpha value is -2.38. The molecule has 8 rings (SSSR count). The molecule has 244 valence electrons. The Kier molecular flexibility index (Phi) is 7.83. The molecule has 2 heterocycles. The van der Waals surface area contributed by atoms with Crippen LogP contribution < -0.4 is 9.47 Å². The normalized spacial score (nSPS) is 33.4. The van der Waals surface area contributed by atoms with Crippen molar-refractivity contribution in [2.45, 2.75) is 100.0 Å². The van der Waals surface area contributed by atoms with Crippen molar-refractivity contribution >= 4 is 35.1 Å². The smallest absolute Gasteiger partial charge is 0.336 e. The number of carbonyl (C=O) groups is 2. The van der Waals surface area contributed by atoms with E-state index in [1.54, 1.807) is 12.1 Å². The van der Waals surface area contributed by atoms with Gasteiger partial charge in [0.2, 0.25) is 0 Å². The van der Waals surface area contributed by atoms with Crippen molar-refractivity contribution in [3.8, 4) is 11.5 Å². The summed E-state index contributed by atoms with van der Waals surface area (Å²) in [5, 5.41) is 1.17. The van der Waals surface area contributed by atoms with Crippen LogP contribution >= 0.6 is 23.2 Å². The van der Waals surface area contributed by atoms with Crippen molar-refractivity contribution < 1.29 is 19.1 Å². The number of benzene rings is 2. The number of fused-ring (bicyclic) bond motifs is 2. The van der Waals surface area contributed by atoms with Crippen LogP contribution in [0.5, 0.6) is 11.5 Å². The Morgan fingerprint density at radius 3 is 1.57 bits per heavy atom. The fourth-order valence-electron chi connectivity index (χ4n) is 11.1. The molecule has 8 heteroatoms. The number of likely N-dealkylation sites (N-methyl/N-ethyl adjacent to an activating group) is 2. The molecule has 2 aliphatic heterocycles. The maximum absolute atomic E-state index is 13.2. The monoisotopic (exact) mass is 662 g/mol. The van der Waals surface area contributed by atoms with Crippen LogP contribution in [0.3, 0.4) is 0 Å². The Morgan fingerprint density at radius 1 is 0.696 bits per heavy atom. The van der Waals surface area contributed by atoms with E-state index in [1.807, 2.05) is 0 Å². The number of rotatable bonds is 4. The molecule has 46 heavy (non-hydrogen) atoms. The van der Waals surface area contributed by atoms with Gasteiger partial charge in [0.15, 0.2) is 0 Å². The summed E-state index contributed by atoms with van der Waals surface area (Å²) in [4.78, 5) is 31.3. The van der Waals surface area contributed by atoms with Gasteiger partial charge in [-0.2, -0.15) is 0 Å². The molecule has 0 N–H and O–H groups in total. The van der Waals surface area contributed by atoms with E-state index in [-0.39, 0.29) is 10.8 Å². The molecule has 0 radical (unpaired) electrons. The third kappa shape index (κ3) is 4.88. The minimum Gasteiger partial charge on any atom is -0.423 e. The van der Waals surface area contributed by atoms with Gasteiger partial charge in [0.25, 0.3) is 0 Å². The molecular weight excluding hydrogens is 619 g/mol. The lowest BCUT2D eigenvalue weighted by atomic mass is 9.52. The van der Waals surface area contributed by atoms with E-state index in [1.165, 1.54) is 61.8 Å². The van der Waals surface area contributed by atoms with Gasteiger partial charge in [-0.25, -0.2) is 9.59 Å². The number of likely N-dealkylation sites (tertiary alicyclic amines) is 2. The molecule has 0 spiro atoms. The van der Waals surface area contributed by atoms with Gasteiger partial charge in [0.05, 0.1) is 0 Å². The fourth-order valence-corrected chi connectivity index (χ4v) is 11.5. The Balaban J connectivity index is 1.03. The van der Waals surface area contributed by atoms with Crippen LogP contribution in [-0.4, -0.2) is 61.0 Å². The Bertz CT molecular complexity index is 1510. The van der Waals surface area contributed by atoms with Gasteiger partial charge >= 0.3 is 11.9 Å². The fraction of sp³-hybridized carbons (Fsp3) is 0.579. The van der Waals surface area contributed by atoms with E-state index >= 15 is 0 Å². The first-order valence-corrected chi connectivity index (χ1v) is 18.1. The zero-order chi connectivity index (χ0) is 31.8. The molecule has 2 saturated heterocycles. The highest BCUT2D eigenvalue weighted by Gasteiger charge is 2.55. The quantitative estimate of drug-likeness (QED) is 0.193. The average Bonchev–Trinajstić information content (AvgIpc) is 3.04. The summed E-state index contributed by atoms with van der Waals surface area (Å²) in [6, 6.07) is 8.60. The molecule has 0 aromatic heterocycles. The molecule has 4 aliphatic carbocycles. The number of carbonyl (C=O) groups excluding carboxylic acids is 2. The van der Waals surface area contributed by atoms with Crippen LogP contribution in [0.1, 0.15) is 86.5 Å². The van der Waals surface area contributed by atoms with Gasteiger partial charge in [0.1, 0.15) is 11.5 Å². The first-order chi connectivity index (χ1) is 22.2. The van der Waals surface area contributed by atoms with Crippen molar-refractivity contribution in [2.75, 3.05) is 27.2 Å². The van der Waals surface area contributed by atoms with E-state index in [9.17, 15) is 9.59 Å². The van der Waals surface area contributed by atoms with Crippen molar-refractivity contribution in [3.63, 3.8) is 0 Å². The number of piperidine rings is 2. The number of esters is 2. The van der Waals surface area contributed by atoms with E-state index < -0.39 is 11.9 Å². The third-order valence-corrected chi connectivity index (χ3v) is 13.5. The molecule has 0 unspecified atom stereocenters. The second kappa shape index (κ2) is 11.6.